The zero-order valence-electron chi connectivity index (χ0n) is 13.5. The largest absolute Gasteiger partial charge is 0.484 e. The lowest BCUT2D eigenvalue weighted by molar-refractivity contribution is -0.125. The molecule has 1 aromatic carbocycles. The summed E-state index contributed by atoms with van der Waals surface area (Å²) in [6.07, 6.45) is 1.77. The van der Waals surface area contributed by atoms with Crippen LogP contribution in [0.3, 0.4) is 0 Å². The first kappa shape index (κ1) is 18.1. The average Bonchev–Trinajstić information content (AvgIpc) is 2.58. The number of benzene rings is 1. The van der Waals surface area contributed by atoms with E-state index in [9.17, 15) is 4.79 Å². The van der Waals surface area contributed by atoms with Crippen LogP contribution in [0.25, 0.3) is 0 Å². The number of aliphatic hydroxyl groups excluding tert-OH is 1. The van der Waals surface area contributed by atoms with Crippen molar-refractivity contribution in [3.63, 3.8) is 0 Å². The van der Waals surface area contributed by atoms with Crippen LogP contribution in [-0.2, 0) is 9.53 Å². The highest BCUT2D eigenvalue weighted by molar-refractivity contribution is 7.99. The predicted molar refractivity (Wildman–Crippen MR) is 92.0 cm³/mol. The Morgan fingerprint density at radius 1 is 1.35 bits per heavy atom. The van der Waals surface area contributed by atoms with Gasteiger partial charge in [0.1, 0.15) is 5.75 Å². The summed E-state index contributed by atoms with van der Waals surface area (Å²) in [5.74, 6) is 2.60. The number of aliphatic hydroxyl groups is 1. The Labute approximate surface area is 141 Å². The molecule has 2 N–H and O–H groups in total. The second-order valence-electron chi connectivity index (χ2n) is 5.70. The van der Waals surface area contributed by atoms with Gasteiger partial charge < -0.3 is 19.9 Å². The first-order valence-corrected chi connectivity index (χ1v) is 9.08. The van der Waals surface area contributed by atoms with Crippen molar-refractivity contribution in [3.8, 4) is 5.75 Å². The third kappa shape index (κ3) is 5.71. The van der Waals surface area contributed by atoms with Gasteiger partial charge >= 0.3 is 0 Å². The van der Waals surface area contributed by atoms with Crippen LogP contribution in [0.5, 0.6) is 5.75 Å². The van der Waals surface area contributed by atoms with E-state index in [1.807, 2.05) is 43.0 Å². The Hall–Kier alpha value is -1.24. The smallest absolute Gasteiger partial charge is 0.258 e. The summed E-state index contributed by atoms with van der Waals surface area (Å²) in [6.45, 7) is 2.71. The molecule has 0 radical (unpaired) electrons. The third-order valence-corrected chi connectivity index (χ3v) is 4.95. The normalized spacial score (nSPS) is 16.8. The molecule has 1 amide bonds. The molecule has 2 rings (SSSR count). The lowest BCUT2D eigenvalue weighted by atomic mass is 9.96. The van der Waals surface area contributed by atoms with Crippen molar-refractivity contribution in [2.45, 2.75) is 25.4 Å². The molecular formula is C17H25NO4S. The molecule has 1 fully saturated rings. The van der Waals surface area contributed by atoms with Crippen LogP contribution in [0.2, 0.25) is 0 Å². The second kappa shape index (κ2) is 9.15. The number of aryl methyl sites for hydroxylation is 1. The van der Waals surface area contributed by atoms with Gasteiger partial charge in [0.05, 0.1) is 18.8 Å². The number of para-hydroxylation sites is 1. The van der Waals surface area contributed by atoms with Gasteiger partial charge in [-0.1, -0.05) is 18.2 Å². The molecule has 23 heavy (non-hydrogen) atoms. The summed E-state index contributed by atoms with van der Waals surface area (Å²) in [5, 5.41) is 11.9. The van der Waals surface area contributed by atoms with Crippen molar-refractivity contribution in [1.29, 1.82) is 0 Å². The number of hydrogen-bond donors (Lipinski definition) is 2. The minimum absolute atomic E-state index is 0.000759. The lowest BCUT2D eigenvalue weighted by Gasteiger charge is -2.37. The monoisotopic (exact) mass is 339 g/mol. The van der Waals surface area contributed by atoms with Crippen LogP contribution in [-0.4, -0.2) is 54.5 Å². The van der Waals surface area contributed by atoms with Crippen LogP contribution >= 0.6 is 11.8 Å². The van der Waals surface area contributed by atoms with E-state index in [0.29, 0.717) is 13.2 Å². The molecule has 0 atom stereocenters. The fourth-order valence-electron chi connectivity index (χ4n) is 2.55. The van der Waals surface area contributed by atoms with E-state index in [2.05, 4.69) is 5.32 Å². The molecule has 1 aromatic rings. The van der Waals surface area contributed by atoms with E-state index in [-0.39, 0.29) is 24.7 Å². The van der Waals surface area contributed by atoms with Gasteiger partial charge in [0.25, 0.3) is 5.91 Å². The molecule has 0 saturated carbocycles. The molecule has 0 bridgehead atoms. The number of amides is 1. The van der Waals surface area contributed by atoms with E-state index in [4.69, 9.17) is 14.6 Å². The van der Waals surface area contributed by atoms with E-state index < -0.39 is 0 Å². The first-order chi connectivity index (χ1) is 11.2. The molecular weight excluding hydrogens is 314 g/mol. The number of thioether (sulfide) groups is 1. The summed E-state index contributed by atoms with van der Waals surface area (Å²) in [4.78, 5) is 12.0. The van der Waals surface area contributed by atoms with Crippen molar-refractivity contribution in [3.05, 3.63) is 29.8 Å². The molecule has 0 aromatic heterocycles. The number of hydrogen-bond acceptors (Lipinski definition) is 5. The summed E-state index contributed by atoms with van der Waals surface area (Å²) < 4.78 is 11.4. The highest BCUT2D eigenvalue weighted by Crippen LogP contribution is 2.30. The number of nitrogens with one attached hydrogen (secondary N) is 1. The fraction of sp³-hybridized carbons (Fsp3) is 0.588. The Kier molecular flexibility index (Phi) is 7.20. The summed E-state index contributed by atoms with van der Waals surface area (Å²) in [6, 6.07) is 7.63. The fourth-order valence-corrected chi connectivity index (χ4v) is 3.79. The molecule has 0 spiro atoms. The van der Waals surface area contributed by atoms with Gasteiger partial charge in [0.15, 0.2) is 6.61 Å². The molecule has 5 nitrogen and oxygen atoms in total. The molecule has 0 aliphatic carbocycles. The van der Waals surface area contributed by atoms with Gasteiger partial charge in [0.2, 0.25) is 0 Å². The third-order valence-electron chi connectivity index (χ3n) is 3.96. The van der Waals surface area contributed by atoms with E-state index in [0.717, 1.165) is 35.7 Å². The second-order valence-corrected chi connectivity index (χ2v) is 6.92. The van der Waals surface area contributed by atoms with Crippen LogP contribution in [0.1, 0.15) is 18.4 Å². The highest BCUT2D eigenvalue weighted by Gasteiger charge is 2.33. The van der Waals surface area contributed by atoms with Crippen molar-refractivity contribution in [1.82, 2.24) is 5.32 Å². The minimum Gasteiger partial charge on any atom is -0.484 e. The van der Waals surface area contributed by atoms with Crippen molar-refractivity contribution in [2.24, 2.45) is 0 Å². The van der Waals surface area contributed by atoms with Gasteiger partial charge in [-0.2, -0.15) is 11.8 Å². The quantitative estimate of drug-likeness (QED) is 0.755. The Balaban J connectivity index is 1.80. The van der Waals surface area contributed by atoms with E-state index in [1.165, 1.54) is 0 Å². The molecule has 1 saturated heterocycles. The van der Waals surface area contributed by atoms with Gasteiger partial charge in [0, 0.05) is 6.54 Å². The lowest BCUT2D eigenvalue weighted by Crippen LogP contribution is -2.48. The summed E-state index contributed by atoms with van der Waals surface area (Å²) in [7, 11) is 0. The number of rotatable bonds is 8. The number of carbonyl (C=O) groups is 1. The van der Waals surface area contributed by atoms with E-state index in [1.54, 1.807) is 0 Å². The van der Waals surface area contributed by atoms with Crippen LogP contribution in [0.4, 0.5) is 0 Å². The predicted octanol–water partition coefficient (Wildman–Crippen LogP) is 1.76. The molecule has 1 aliphatic rings. The Morgan fingerprint density at radius 3 is 2.78 bits per heavy atom. The summed E-state index contributed by atoms with van der Waals surface area (Å²) >= 11 is 1.89. The standard InChI is InChI=1S/C17H25NO4S/c1-14-4-2-3-5-15(14)21-12-16(20)18-13-17(22-9-8-19)6-10-23-11-7-17/h2-5,19H,6-13H2,1H3,(H,18,20). The zero-order chi connectivity index (χ0) is 16.5. The van der Waals surface area contributed by atoms with Gasteiger partial charge in [-0.3, -0.25) is 4.79 Å². The highest BCUT2D eigenvalue weighted by atomic mass is 32.2. The maximum Gasteiger partial charge on any atom is 0.258 e. The van der Waals surface area contributed by atoms with Crippen molar-refractivity contribution in [2.75, 3.05) is 37.9 Å². The summed E-state index contributed by atoms with van der Waals surface area (Å²) in [5.41, 5.74) is 0.652. The molecule has 0 unspecified atom stereocenters. The molecule has 6 heteroatoms. The Morgan fingerprint density at radius 2 is 2.09 bits per heavy atom. The van der Waals surface area contributed by atoms with Crippen molar-refractivity contribution < 1.29 is 19.4 Å². The Bertz CT molecular complexity index is 503. The molecule has 1 aliphatic heterocycles. The van der Waals surface area contributed by atoms with Gasteiger partial charge in [-0.25, -0.2) is 0 Å². The molecule has 128 valence electrons. The molecule has 1 heterocycles. The number of carbonyl (C=O) groups excluding carboxylic acids is 1. The zero-order valence-corrected chi connectivity index (χ0v) is 14.4. The van der Waals surface area contributed by atoms with Crippen LogP contribution < -0.4 is 10.1 Å². The van der Waals surface area contributed by atoms with Gasteiger partial charge in [-0.05, 0) is 42.9 Å². The van der Waals surface area contributed by atoms with Crippen LogP contribution in [0.15, 0.2) is 24.3 Å². The SMILES string of the molecule is Cc1ccccc1OCC(=O)NCC1(OCCO)CCSCC1. The average molecular weight is 339 g/mol. The van der Waals surface area contributed by atoms with E-state index >= 15 is 0 Å². The topological polar surface area (TPSA) is 67.8 Å². The van der Waals surface area contributed by atoms with Crippen LogP contribution in [0, 0.1) is 6.92 Å². The van der Waals surface area contributed by atoms with Gasteiger partial charge in [-0.15, -0.1) is 0 Å². The van der Waals surface area contributed by atoms with Crippen molar-refractivity contribution >= 4 is 17.7 Å². The minimum atomic E-state index is -0.355. The maximum absolute atomic E-state index is 12.0. The maximum atomic E-state index is 12.0. The number of ether oxygens (including phenoxy) is 2. The first-order valence-electron chi connectivity index (χ1n) is 7.93.